The molecule has 0 aliphatic carbocycles. The third-order valence-corrected chi connectivity index (χ3v) is 3.16. The molecule has 0 spiro atoms. The Hall–Kier alpha value is -2.80. The molecule has 0 radical (unpaired) electrons. The molecular weight excluding hydrogens is 266 g/mol. The summed E-state index contributed by atoms with van der Waals surface area (Å²) in [5.74, 6) is 6.67. The van der Waals surface area contributed by atoms with E-state index < -0.39 is 0 Å². The van der Waals surface area contributed by atoms with E-state index in [2.05, 4.69) is 20.7 Å². The number of aromatic nitrogens is 3. The van der Waals surface area contributed by atoms with Crippen molar-refractivity contribution in [2.75, 3.05) is 29.7 Å². The van der Waals surface area contributed by atoms with E-state index in [4.69, 9.17) is 5.84 Å². The number of hydrogen-bond acceptors (Lipinski definition) is 6. The predicted molar refractivity (Wildman–Crippen MR) is 84.8 cm³/mol. The molecule has 0 aliphatic rings. The number of hydrogen-bond donors (Lipinski definition) is 3. The van der Waals surface area contributed by atoms with E-state index in [1.807, 2.05) is 53.9 Å². The van der Waals surface area contributed by atoms with Gasteiger partial charge in [0, 0.05) is 26.5 Å². The van der Waals surface area contributed by atoms with Crippen molar-refractivity contribution in [2.45, 2.75) is 0 Å². The molecule has 0 amide bonds. The van der Waals surface area contributed by atoms with E-state index >= 15 is 0 Å². The normalized spacial score (nSPS) is 10.6. The fraction of sp³-hybridized carbons (Fsp3) is 0.143. The Bertz CT molecular complexity index is 763. The quantitative estimate of drug-likeness (QED) is 0.500. The lowest BCUT2D eigenvalue weighted by atomic mass is 10.2. The van der Waals surface area contributed by atoms with Crippen molar-refractivity contribution >= 4 is 28.7 Å². The first-order valence-electron chi connectivity index (χ1n) is 6.53. The van der Waals surface area contributed by atoms with Crippen molar-refractivity contribution in [3.05, 3.63) is 42.9 Å². The number of hydrazine groups is 1. The van der Waals surface area contributed by atoms with Gasteiger partial charge in [-0.15, -0.1) is 0 Å². The van der Waals surface area contributed by atoms with Crippen LogP contribution in [0.1, 0.15) is 0 Å². The van der Waals surface area contributed by atoms with Crippen molar-refractivity contribution in [2.24, 2.45) is 5.84 Å². The van der Waals surface area contributed by atoms with Crippen LogP contribution in [-0.4, -0.2) is 28.5 Å². The molecule has 2 aromatic heterocycles. The highest BCUT2D eigenvalue weighted by Gasteiger charge is 2.10. The number of para-hydroxylation sites is 2. The molecular formula is C14H17N7. The van der Waals surface area contributed by atoms with Crippen LogP contribution in [0.15, 0.2) is 42.9 Å². The molecule has 7 nitrogen and oxygen atoms in total. The Morgan fingerprint density at radius 3 is 2.81 bits per heavy atom. The van der Waals surface area contributed by atoms with Crippen molar-refractivity contribution in [3.63, 3.8) is 0 Å². The van der Waals surface area contributed by atoms with Gasteiger partial charge < -0.3 is 20.0 Å². The molecule has 0 aliphatic heterocycles. The lowest BCUT2D eigenvalue weighted by molar-refractivity contribution is 1.10. The molecule has 7 heteroatoms. The Morgan fingerprint density at radius 2 is 2.05 bits per heavy atom. The van der Waals surface area contributed by atoms with Crippen LogP contribution in [0.5, 0.6) is 0 Å². The number of rotatable bonds is 4. The molecule has 0 saturated carbocycles. The first-order chi connectivity index (χ1) is 10.2. The minimum absolute atomic E-state index is 0.560. The zero-order valence-corrected chi connectivity index (χ0v) is 11.9. The van der Waals surface area contributed by atoms with Gasteiger partial charge in [-0.3, -0.25) is 0 Å². The molecule has 1 aromatic carbocycles. The summed E-state index contributed by atoms with van der Waals surface area (Å²) in [6.07, 6.45) is 5.35. The summed E-state index contributed by atoms with van der Waals surface area (Å²) < 4.78 is 1.86. The minimum atomic E-state index is 0.560. The van der Waals surface area contributed by atoms with Gasteiger partial charge in [0.1, 0.15) is 0 Å². The van der Waals surface area contributed by atoms with Crippen LogP contribution in [0.2, 0.25) is 0 Å². The second-order valence-electron chi connectivity index (χ2n) is 4.81. The summed E-state index contributed by atoms with van der Waals surface area (Å²) in [6.45, 7) is 0. The molecule has 0 unspecified atom stereocenters. The topological polar surface area (TPSA) is 83.5 Å². The van der Waals surface area contributed by atoms with Gasteiger partial charge in [-0.05, 0) is 12.1 Å². The number of nitrogen functional groups attached to an aromatic ring is 1. The third-order valence-electron chi connectivity index (χ3n) is 3.16. The molecule has 108 valence electrons. The summed E-state index contributed by atoms with van der Waals surface area (Å²) in [6, 6.07) is 8.01. The first-order valence-corrected chi connectivity index (χ1v) is 6.53. The Kier molecular flexibility index (Phi) is 3.33. The fourth-order valence-electron chi connectivity index (χ4n) is 2.18. The molecule has 3 rings (SSSR count). The summed E-state index contributed by atoms with van der Waals surface area (Å²) in [5.41, 5.74) is 5.32. The van der Waals surface area contributed by atoms with Crippen molar-refractivity contribution in [1.82, 2.24) is 14.4 Å². The van der Waals surface area contributed by atoms with Gasteiger partial charge in [-0.1, -0.05) is 12.1 Å². The molecule has 4 N–H and O–H groups in total. The van der Waals surface area contributed by atoms with E-state index in [9.17, 15) is 0 Å². The Balaban J connectivity index is 2.07. The zero-order chi connectivity index (χ0) is 14.8. The van der Waals surface area contributed by atoms with E-state index in [1.54, 1.807) is 12.4 Å². The maximum Gasteiger partial charge on any atom is 0.180 e. The van der Waals surface area contributed by atoms with Gasteiger partial charge in [-0.2, -0.15) is 0 Å². The van der Waals surface area contributed by atoms with E-state index in [1.165, 1.54) is 0 Å². The largest absolute Gasteiger partial charge is 0.376 e. The number of benzene rings is 1. The van der Waals surface area contributed by atoms with Gasteiger partial charge in [0.2, 0.25) is 0 Å². The van der Waals surface area contributed by atoms with Crippen LogP contribution in [0, 0.1) is 0 Å². The summed E-state index contributed by atoms with van der Waals surface area (Å²) in [4.78, 5) is 10.8. The molecule has 3 aromatic rings. The van der Waals surface area contributed by atoms with Crippen LogP contribution in [-0.2, 0) is 0 Å². The van der Waals surface area contributed by atoms with Crippen molar-refractivity contribution < 1.29 is 0 Å². The van der Waals surface area contributed by atoms with E-state index in [0.29, 0.717) is 11.6 Å². The SMILES string of the molecule is CN(C)c1ccccc1Nc1nc(NN)cn2ccnc12. The number of nitrogens with two attached hydrogens (primary N) is 1. The molecule has 0 bridgehead atoms. The third kappa shape index (κ3) is 2.46. The second-order valence-corrected chi connectivity index (χ2v) is 4.81. The molecule has 0 saturated heterocycles. The number of anilines is 4. The maximum atomic E-state index is 5.47. The van der Waals surface area contributed by atoms with Gasteiger partial charge >= 0.3 is 0 Å². The average Bonchev–Trinajstić information content (AvgIpc) is 2.96. The van der Waals surface area contributed by atoms with Crippen molar-refractivity contribution in [3.8, 4) is 0 Å². The maximum absolute atomic E-state index is 5.47. The number of imidazole rings is 1. The highest BCUT2D eigenvalue weighted by molar-refractivity contribution is 5.79. The predicted octanol–water partition coefficient (Wildman–Crippen LogP) is 1.82. The molecule has 21 heavy (non-hydrogen) atoms. The van der Waals surface area contributed by atoms with Gasteiger partial charge in [0.15, 0.2) is 17.3 Å². The van der Waals surface area contributed by atoms with Gasteiger partial charge in [0.25, 0.3) is 0 Å². The summed E-state index contributed by atoms with van der Waals surface area (Å²) in [5, 5.41) is 3.33. The van der Waals surface area contributed by atoms with Crippen LogP contribution < -0.4 is 21.5 Å². The highest BCUT2D eigenvalue weighted by atomic mass is 15.3. The first kappa shape index (κ1) is 13.2. The van der Waals surface area contributed by atoms with Crippen LogP contribution in [0.25, 0.3) is 5.65 Å². The Morgan fingerprint density at radius 1 is 1.24 bits per heavy atom. The van der Waals surface area contributed by atoms with Crippen molar-refractivity contribution in [1.29, 1.82) is 0 Å². The second kappa shape index (κ2) is 5.29. The van der Waals surface area contributed by atoms with Crippen LogP contribution in [0.4, 0.5) is 23.0 Å². The van der Waals surface area contributed by atoms with E-state index in [-0.39, 0.29) is 0 Å². The zero-order valence-electron chi connectivity index (χ0n) is 11.9. The summed E-state index contributed by atoms with van der Waals surface area (Å²) in [7, 11) is 3.99. The minimum Gasteiger partial charge on any atom is -0.376 e. The van der Waals surface area contributed by atoms with Gasteiger partial charge in [0.05, 0.1) is 17.6 Å². The average molecular weight is 283 g/mol. The lowest BCUT2D eigenvalue weighted by Gasteiger charge is -2.18. The number of fused-ring (bicyclic) bond motifs is 1. The van der Waals surface area contributed by atoms with E-state index in [0.717, 1.165) is 17.0 Å². The standard InChI is InChI=1S/C14H17N7/c1-20(2)11-6-4-3-5-10(11)17-13-14-16-7-8-21(14)9-12(18-13)19-15/h3-9,19H,15H2,1-2H3,(H,17,18). The molecule has 0 fully saturated rings. The molecule has 2 heterocycles. The summed E-state index contributed by atoms with van der Waals surface area (Å²) >= 11 is 0. The number of nitrogens with zero attached hydrogens (tertiary/aromatic N) is 4. The molecule has 0 atom stereocenters. The fourth-order valence-corrected chi connectivity index (χ4v) is 2.18. The Labute approximate surface area is 122 Å². The smallest absolute Gasteiger partial charge is 0.180 e. The monoisotopic (exact) mass is 283 g/mol. The highest BCUT2D eigenvalue weighted by Crippen LogP contribution is 2.28. The number of nitrogens with one attached hydrogen (secondary N) is 2. The van der Waals surface area contributed by atoms with Crippen LogP contribution in [0.3, 0.4) is 0 Å². The van der Waals surface area contributed by atoms with Crippen LogP contribution >= 0.6 is 0 Å². The lowest BCUT2D eigenvalue weighted by Crippen LogP contribution is -2.13. The van der Waals surface area contributed by atoms with Gasteiger partial charge in [-0.25, -0.2) is 15.8 Å².